The third-order valence-electron chi connectivity index (χ3n) is 2.14. The second-order valence-electron chi connectivity index (χ2n) is 4.83. The minimum atomic E-state index is 0.266. The molecule has 0 aliphatic heterocycles. The molecule has 0 aliphatic rings. The van der Waals surface area contributed by atoms with Crippen molar-refractivity contribution in [1.82, 2.24) is 0 Å². The van der Waals surface area contributed by atoms with Gasteiger partial charge in [0.2, 0.25) is 0 Å². The minimum absolute atomic E-state index is 0.266. The Kier molecular flexibility index (Phi) is 5.94. The lowest BCUT2D eigenvalue weighted by atomic mass is 10.1. The standard InChI is InChI=1S/C17H21N/c1-14(2)10-12-17(18-15(3)4)13-11-16-8-6-5-7-9-16/h5-10,12,14-15H,1-4H3/b12-10-,18-17?. The van der Waals surface area contributed by atoms with Crippen molar-refractivity contribution in [2.75, 3.05) is 0 Å². The number of benzene rings is 1. The van der Waals surface area contributed by atoms with Crippen molar-refractivity contribution >= 4 is 5.71 Å². The van der Waals surface area contributed by atoms with Crippen LogP contribution in [0, 0.1) is 17.8 Å². The summed E-state index contributed by atoms with van der Waals surface area (Å²) in [6.45, 7) is 8.42. The fourth-order valence-corrected chi connectivity index (χ4v) is 1.34. The molecule has 0 unspecified atom stereocenters. The SMILES string of the molecule is CC(C)/C=C\C(C#Cc1ccccc1)=NC(C)C. The minimum Gasteiger partial charge on any atom is -0.274 e. The van der Waals surface area contributed by atoms with Crippen LogP contribution in [0.3, 0.4) is 0 Å². The van der Waals surface area contributed by atoms with E-state index in [0.29, 0.717) is 5.92 Å². The molecular formula is C17H21N. The molecule has 0 aromatic heterocycles. The quantitative estimate of drug-likeness (QED) is 0.556. The predicted octanol–water partition coefficient (Wildman–Crippen LogP) is 4.10. The zero-order chi connectivity index (χ0) is 13.4. The van der Waals surface area contributed by atoms with E-state index in [9.17, 15) is 0 Å². The number of nitrogens with zero attached hydrogens (tertiary/aromatic N) is 1. The van der Waals surface area contributed by atoms with Crippen LogP contribution in [0.25, 0.3) is 0 Å². The normalized spacial score (nSPS) is 12.0. The molecule has 0 bridgehead atoms. The number of rotatable bonds is 3. The average Bonchev–Trinajstić information content (AvgIpc) is 2.33. The van der Waals surface area contributed by atoms with E-state index >= 15 is 0 Å². The van der Waals surface area contributed by atoms with E-state index in [4.69, 9.17) is 0 Å². The summed E-state index contributed by atoms with van der Waals surface area (Å²) in [6.07, 6.45) is 4.14. The molecule has 0 heterocycles. The van der Waals surface area contributed by atoms with Crippen LogP contribution in [-0.2, 0) is 0 Å². The van der Waals surface area contributed by atoms with Gasteiger partial charge in [-0.2, -0.15) is 0 Å². The predicted molar refractivity (Wildman–Crippen MR) is 79.9 cm³/mol. The molecule has 0 saturated heterocycles. The summed E-state index contributed by atoms with van der Waals surface area (Å²) in [5, 5.41) is 0. The molecule has 1 heteroatoms. The zero-order valence-corrected chi connectivity index (χ0v) is 11.6. The Morgan fingerprint density at radius 2 is 1.78 bits per heavy atom. The summed E-state index contributed by atoms with van der Waals surface area (Å²) in [7, 11) is 0. The summed E-state index contributed by atoms with van der Waals surface area (Å²) in [5.74, 6) is 6.79. The summed E-state index contributed by atoms with van der Waals surface area (Å²) < 4.78 is 0. The van der Waals surface area contributed by atoms with Crippen LogP contribution in [0.4, 0.5) is 0 Å². The van der Waals surface area contributed by atoms with Gasteiger partial charge in [0.25, 0.3) is 0 Å². The molecule has 94 valence electrons. The van der Waals surface area contributed by atoms with Crippen LogP contribution in [0.1, 0.15) is 33.3 Å². The Morgan fingerprint density at radius 3 is 2.33 bits per heavy atom. The second-order valence-corrected chi connectivity index (χ2v) is 4.83. The Hall–Kier alpha value is -1.81. The molecule has 1 aromatic carbocycles. The van der Waals surface area contributed by atoms with Gasteiger partial charge in [0, 0.05) is 11.6 Å². The summed E-state index contributed by atoms with van der Waals surface area (Å²) in [4.78, 5) is 4.52. The maximum Gasteiger partial charge on any atom is 0.107 e. The topological polar surface area (TPSA) is 12.4 Å². The van der Waals surface area contributed by atoms with Gasteiger partial charge in [0.15, 0.2) is 0 Å². The Balaban J connectivity index is 2.90. The van der Waals surface area contributed by atoms with Gasteiger partial charge in [-0.3, -0.25) is 4.99 Å². The van der Waals surface area contributed by atoms with Crippen molar-refractivity contribution in [3.63, 3.8) is 0 Å². The second kappa shape index (κ2) is 7.50. The lowest BCUT2D eigenvalue weighted by molar-refractivity contribution is 0.828. The van der Waals surface area contributed by atoms with E-state index in [1.165, 1.54) is 0 Å². The monoisotopic (exact) mass is 239 g/mol. The lowest BCUT2D eigenvalue weighted by Gasteiger charge is -1.98. The molecule has 0 aliphatic carbocycles. The Morgan fingerprint density at radius 1 is 1.11 bits per heavy atom. The Labute approximate surface area is 111 Å². The van der Waals surface area contributed by atoms with Gasteiger partial charge in [0.05, 0.1) is 0 Å². The van der Waals surface area contributed by atoms with Gasteiger partial charge in [-0.05, 0) is 43.9 Å². The van der Waals surface area contributed by atoms with Crippen molar-refractivity contribution in [3.8, 4) is 11.8 Å². The zero-order valence-electron chi connectivity index (χ0n) is 11.6. The van der Waals surface area contributed by atoms with E-state index in [1.54, 1.807) is 0 Å². The molecule has 18 heavy (non-hydrogen) atoms. The molecule has 0 atom stereocenters. The first kappa shape index (κ1) is 14.3. The van der Waals surface area contributed by atoms with Gasteiger partial charge in [-0.25, -0.2) is 0 Å². The molecule has 1 aromatic rings. The van der Waals surface area contributed by atoms with Crippen molar-refractivity contribution in [2.45, 2.75) is 33.7 Å². The molecule has 0 spiro atoms. The van der Waals surface area contributed by atoms with Gasteiger partial charge in [-0.1, -0.05) is 44.0 Å². The first-order valence-electron chi connectivity index (χ1n) is 6.41. The van der Waals surface area contributed by atoms with Gasteiger partial charge in [-0.15, -0.1) is 0 Å². The van der Waals surface area contributed by atoms with Gasteiger partial charge < -0.3 is 0 Å². The first-order valence-corrected chi connectivity index (χ1v) is 6.41. The molecule has 0 amide bonds. The largest absolute Gasteiger partial charge is 0.274 e. The smallest absolute Gasteiger partial charge is 0.107 e. The maximum absolute atomic E-state index is 4.52. The van der Waals surface area contributed by atoms with E-state index in [1.807, 2.05) is 36.4 Å². The third-order valence-corrected chi connectivity index (χ3v) is 2.14. The molecule has 0 saturated carbocycles. The molecule has 0 fully saturated rings. The van der Waals surface area contributed by atoms with Crippen LogP contribution in [-0.4, -0.2) is 11.8 Å². The highest BCUT2D eigenvalue weighted by Crippen LogP contribution is 1.98. The van der Waals surface area contributed by atoms with Crippen LogP contribution in [0.15, 0.2) is 47.5 Å². The lowest BCUT2D eigenvalue weighted by Crippen LogP contribution is -1.98. The van der Waals surface area contributed by atoms with E-state index in [2.05, 4.69) is 50.6 Å². The molecule has 0 N–H and O–H groups in total. The van der Waals surface area contributed by atoms with Crippen molar-refractivity contribution in [2.24, 2.45) is 10.9 Å². The fraction of sp³-hybridized carbons (Fsp3) is 0.353. The summed E-state index contributed by atoms with van der Waals surface area (Å²) in [5.41, 5.74) is 1.87. The highest BCUT2D eigenvalue weighted by atomic mass is 14.8. The first-order chi connectivity index (χ1) is 8.58. The summed E-state index contributed by atoms with van der Waals surface area (Å²) >= 11 is 0. The van der Waals surface area contributed by atoms with Crippen molar-refractivity contribution < 1.29 is 0 Å². The molecule has 1 rings (SSSR count). The molecule has 0 radical (unpaired) electrons. The summed E-state index contributed by atoms with van der Waals surface area (Å²) in [6, 6.07) is 10.3. The van der Waals surface area contributed by atoms with Crippen molar-refractivity contribution in [3.05, 3.63) is 48.0 Å². The van der Waals surface area contributed by atoms with E-state index in [-0.39, 0.29) is 6.04 Å². The van der Waals surface area contributed by atoms with Crippen LogP contribution in [0.2, 0.25) is 0 Å². The highest BCUT2D eigenvalue weighted by Gasteiger charge is 1.93. The van der Waals surface area contributed by atoms with Crippen LogP contribution >= 0.6 is 0 Å². The van der Waals surface area contributed by atoms with Gasteiger partial charge >= 0.3 is 0 Å². The number of hydrogen-bond acceptors (Lipinski definition) is 1. The highest BCUT2D eigenvalue weighted by molar-refractivity contribution is 6.09. The maximum atomic E-state index is 4.52. The molecule has 1 nitrogen and oxygen atoms in total. The average molecular weight is 239 g/mol. The third kappa shape index (κ3) is 6.06. The van der Waals surface area contributed by atoms with Crippen LogP contribution in [0.5, 0.6) is 0 Å². The molecular weight excluding hydrogens is 218 g/mol. The number of allylic oxidation sites excluding steroid dienone is 2. The van der Waals surface area contributed by atoms with E-state index < -0.39 is 0 Å². The number of aliphatic imine (C=N–C) groups is 1. The van der Waals surface area contributed by atoms with E-state index in [0.717, 1.165) is 11.3 Å². The Bertz CT molecular complexity index is 467. The fourth-order valence-electron chi connectivity index (χ4n) is 1.34. The van der Waals surface area contributed by atoms with Gasteiger partial charge in [0.1, 0.15) is 5.71 Å². The van der Waals surface area contributed by atoms with Crippen molar-refractivity contribution in [1.29, 1.82) is 0 Å². The van der Waals surface area contributed by atoms with Crippen LogP contribution < -0.4 is 0 Å². The number of hydrogen-bond donors (Lipinski definition) is 0.